The van der Waals surface area contributed by atoms with Crippen LogP contribution in [0.4, 0.5) is 5.69 Å². The summed E-state index contributed by atoms with van der Waals surface area (Å²) in [4.78, 5) is 12.7. The molecule has 3 rings (SSSR count). The second-order valence-corrected chi connectivity index (χ2v) is 6.72. The minimum atomic E-state index is -0.318. The van der Waals surface area contributed by atoms with Gasteiger partial charge in [-0.1, -0.05) is 48.0 Å². The van der Waals surface area contributed by atoms with Crippen LogP contribution in [0.1, 0.15) is 40.8 Å². The van der Waals surface area contributed by atoms with Crippen molar-refractivity contribution in [2.45, 2.75) is 33.1 Å². The molecule has 3 aromatic rings. The molecule has 1 aromatic heterocycles. The molecule has 0 bridgehead atoms. The van der Waals surface area contributed by atoms with Gasteiger partial charge in [0.2, 0.25) is 17.7 Å². The maximum atomic E-state index is 12.7. The average molecular weight is 370 g/mol. The van der Waals surface area contributed by atoms with Crippen molar-refractivity contribution in [3.8, 4) is 0 Å². The van der Waals surface area contributed by atoms with Gasteiger partial charge in [-0.2, -0.15) is 0 Å². The summed E-state index contributed by atoms with van der Waals surface area (Å²) in [6.07, 6.45) is 0.176. The van der Waals surface area contributed by atoms with Crippen molar-refractivity contribution < 1.29 is 9.21 Å². The van der Waals surface area contributed by atoms with E-state index in [0.29, 0.717) is 22.5 Å². The van der Waals surface area contributed by atoms with Gasteiger partial charge < -0.3 is 9.73 Å². The highest BCUT2D eigenvalue weighted by Gasteiger charge is 2.24. The third-order valence-corrected chi connectivity index (χ3v) is 4.43. The number of benzene rings is 2. The Kier molecular flexibility index (Phi) is 5.38. The number of hydrogen-bond donors (Lipinski definition) is 1. The van der Waals surface area contributed by atoms with Crippen LogP contribution in [0.3, 0.4) is 0 Å². The van der Waals surface area contributed by atoms with Crippen molar-refractivity contribution in [1.82, 2.24) is 10.2 Å². The first kappa shape index (κ1) is 18.1. The van der Waals surface area contributed by atoms with Crippen LogP contribution in [0.25, 0.3) is 0 Å². The predicted octanol–water partition coefficient (Wildman–Crippen LogP) is 4.81. The number of rotatable bonds is 5. The van der Waals surface area contributed by atoms with Gasteiger partial charge in [0.05, 0.1) is 16.6 Å². The Hall–Kier alpha value is -2.66. The summed E-state index contributed by atoms with van der Waals surface area (Å²) in [7, 11) is 0. The van der Waals surface area contributed by atoms with Gasteiger partial charge in [-0.3, -0.25) is 4.79 Å². The highest BCUT2D eigenvalue weighted by molar-refractivity contribution is 6.34. The van der Waals surface area contributed by atoms with Gasteiger partial charge in [-0.15, -0.1) is 10.2 Å². The lowest BCUT2D eigenvalue weighted by Gasteiger charge is -2.15. The Morgan fingerprint density at radius 1 is 1.15 bits per heavy atom. The Labute approximate surface area is 157 Å². The SMILES string of the molecule is Cc1cc(C)c(NC(=O)CC(c2ccccc2)c2nnc(C)o2)c(Cl)c1. The molecule has 1 unspecified atom stereocenters. The van der Waals surface area contributed by atoms with E-state index in [2.05, 4.69) is 15.5 Å². The quantitative estimate of drug-likeness (QED) is 0.700. The molecule has 0 spiro atoms. The minimum absolute atomic E-state index is 0.163. The van der Waals surface area contributed by atoms with Gasteiger partial charge in [0.1, 0.15) is 0 Å². The van der Waals surface area contributed by atoms with Gasteiger partial charge in [0.25, 0.3) is 0 Å². The van der Waals surface area contributed by atoms with E-state index in [1.807, 2.05) is 56.3 Å². The fourth-order valence-corrected chi connectivity index (χ4v) is 3.30. The zero-order chi connectivity index (χ0) is 18.7. The number of amides is 1. The first-order valence-electron chi connectivity index (χ1n) is 8.35. The molecule has 0 saturated carbocycles. The molecule has 0 radical (unpaired) electrons. The van der Waals surface area contributed by atoms with E-state index in [9.17, 15) is 4.79 Å². The molecule has 1 amide bonds. The van der Waals surface area contributed by atoms with Crippen LogP contribution in [0.15, 0.2) is 46.9 Å². The van der Waals surface area contributed by atoms with Crippen molar-refractivity contribution in [3.63, 3.8) is 0 Å². The van der Waals surface area contributed by atoms with Crippen LogP contribution in [-0.2, 0) is 4.79 Å². The van der Waals surface area contributed by atoms with Gasteiger partial charge in [-0.05, 0) is 36.6 Å². The summed E-state index contributed by atoms with van der Waals surface area (Å²) in [5, 5.41) is 11.4. The van der Waals surface area contributed by atoms with Crippen LogP contribution in [0.5, 0.6) is 0 Å². The molecule has 134 valence electrons. The normalized spacial score (nSPS) is 12.0. The highest BCUT2D eigenvalue weighted by Crippen LogP contribution is 2.30. The largest absolute Gasteiger partial charge is 0.425 e. The number of carbonyl (C=O) groups is 1. The lowest BCUT2D eigenvalue weighted by Crippen LogP contribution is -2.17. The number of nitrogens with one attached hydrogen (secondary N) is 1. The van der Waals surface area contributed by atoms with Crippen LogP contribution >= 0.6 is 11.6 Å². The van der Waals surface area contributed by atoms with Crippen LogP contribution in [0.2, 0.25) is 5.02 Å². The summed E-state index contributed by atoms with van der Waals surface area (Å²) < 4.78 is 5.59. The maximum Gasteiger partial charge on any atom is 0.225 e. The Morgan fingerprint density at radius 3 is 2.50 bits per heavy atom. The summed E-state index contributed by atoms with van der Waals surface area (Å²) >= 11 is 6.30. The van der Waals surface area contributed by atoms with Crippen molar-refractivity contribution in [1.29, 1.82) is 0 Å². The first-order valence-corrected chi connectivity index (χ1v) is 8.73. The number of carbonyl (C=O) groups excluding carboxylic acids is 1. The highest BCUT2D eigenvalue weighted by atomic mass is 35.5. The molecule has 1 atom stereocenters. The maximum absolute atomic E-state index is 12.7. The standard InChI is InChI=1S/C20H20ClN3O2/c1-12-9-13(2)19(17(21)10-12)22-18(25)11-16(15-7-5-4-6-8-15)20-24-23-14(3)26-20/h4-10,16H,11H2,1-3H3,(H,22,25). The molecule has 0 fully saturated rings. The monoisotopic (exact) mass is 369 g/mol. The van der Waals surface area contributed by atoms with Gasteiger partial charge in [-0.25, -0.2) is 0 Å². The fraction of sp³-hybridized carbons (Fsp3) is 0.250. The molecule has 1 heterocycles. The van der Waals surface area contributed by atoms with E-state index in [4.69, 9.17) is 16.0 Å². The van der Waals surface area contributed by atoms with E-state index < -0.39 is 0 Å². The molecule has 5 nitrogen and oxygen atoms in total. The van der Waals surface area contributed by atoms with E-state index in [-0.39, 0.29) is 18.2 Å². The summed E-state index contributed by atoms with van der Waals surface area (Å²) in [5.74, 6) is 0.417. The molecule has 6 heteroatoms. The lowest BCUT2D eigenvalue weighted by molar-refractivity contribution is -0.116. The smallest absolute Gasteiger partial charge is 0.225 e. The molecular weight excluding hydrogens is 350 g/mol. The fourth-order valence-electron chi connectivity index (χ4n) is 2.94. The Balaban J connectivity index is 1.84. The topological polar surface area (TPSA) is 68.0 Å². The molecule has 1 N–H and O–H groups in total. The Bertz CT molecular complexity index is 899. The van der Waals surface area contributed by atoms with E-state index in [0.717, 1.165) is 16.7 Å². The van der Waals surface area contributed by atoms with E-state index in [1.165, 1.54) is 0 Å². The Morgan fingerprint density at radius 2 is 1.88 bits per heavy atom. The lowest BCUT2D eigenvalue weighted by atomic mass is 9.95. The van der Waals surface area contributed by atoms with E-state index >= 15 is 0 Å². The second-order valence-electron chi connectivity index (χ2n) is 6.31. The average Bonchev–Trinajstić information content (AvgIpc) is 3.03. The molecule has 0 aliphatic carbocycles. The number of anilines is 1. The van der Waals surface area contributed by atoms with Crippen molar-refractivity contribution in [3.05, 3.63) is 76.0 Å². The third-order valence-electron chi connectivity index (χ3n) is 4.13. The zero-order valence-electron chi connectivity index (χ0n) is 14.9. The number of nitrogens with zero attached hydrogens (tertiary/aromatic N) is 2. The van der Waals surface area contributed by atoms with Crippen LogP contribution < -0.4 is 5.32 Å². The number of halogens is 1. The summed E-state index contributed by atoms with van der Waals surface area (Å²) in [6.45, 7) is 5.62. The minimum Gasteiger partial charge on any atom is -0.425 e. The number of aromatic nitrogens is 2. The van der Waals surface area contributed by atoms with Crippen LogP contribution in [-0.4, -0.2) is 16.1 Å². The van der Waals surface area contributed by atoms with Crippen molar-refractivity contribution in [2.24, 2.45) is 0 Å². The van der Waals surface area contributed by atoms with Crippen molar-refractivity contribution in [2.75, 3.05) is 5.32 Å². The number of aryl methyl sites for hydroxylation is 3. The van der Waals surface area contributed by atoms with E-state index in [1.54, 1.807) is 6.92 Å². The summed E-state index contributed by atoms with van der Waals surface area (Å²) in [6, 6.07) is 13.5. The molecule has 0 aliphatic rings. The summed E-state index contributed by atoms with van der Waals surface area (Å²) in [5.41, 5.74) is 3.55. The molecule has 26 heavy (non-hydrogen) atoms. The molecular formula is C20H20ClN3O2. The molecule has 2 aromatic carbocycles. The van der Waals surface area contributed by atoms with Gasteiger partial charge in [0, 0.05) is 13.3 Å². The molecule has 0 aliphatic heterocycles. The van der Waals surface area contributed by atoms with Crippen molar-refractivity contribution >= 4 is 23.2 Å². The predicted molar refractivity (Wildman–Crippen MR) is 101 cm³/mol. The first-order chi connectivity index (χ1) is 12.4. The van der Waals surface area contributed by atoms with Gasteiger partial charge in [0.15, 0.2) is 0 Å². The van der Waals surface area contributed by atoms with Crippen LogP contribution in [0, 0.1) is 20.8 Å². The third kappa shape index (κ3) is 4.11. The second kappa shape index (κ2) is 7.70. The number of hydrogen-bond acceptors (Lipinski definition) is 4. The zero-order valence-corrected chi connectivity index (χ0v) is 15.7. The van der Waals surface area contributed by atoms with Gasteiger partial charge >= 0.3 is 0 Å². The molecule has 0 saturated heterocycles.